The molecule has 1 unspecified atom stereocenters. The summed E-state index contributed by atoms with van der Waals surface area (Å²) in [6.07, 6.45) is 0.520. The van der Waals surface area contributed by atoms with Crippen molar-refractivity contribution >= 4 is 0 Å². The third kappa shape index (κ3) is 1.39. The van der Waals surface area contributed by atoms with E-state index in [1.165, 1.54) is 12.1 Å². The normalized spacial score (nSPS) is 17.0. The van der Waals surface area contributed by atoms with Crippen LogP contribution in [0.15, 0.2) is 24.3 Å². The van der Waals surface area contributed by atoms with Gasteiger partial charge in [-0.25, -0.2) is 0 Å². The molecule has 2 aliphatic carbocycles. The minimum atomic E-state index is -0.194. The van der Waals surface area contributed by atoms with Crippen LogP contribution in [-0.4, -0.2) is 20.4 Å². The van der Waals surface area contributed by atoms with Crippen molar-refractivity contribution in [3.8, 4) is 23.0 Å². The molecular formula is C14H11O4. The Balaban J connectivity index is 2.10. The van der Waals surface area contributed by atoms with Gasteiger partial charge in [0.15, 0.2) is 23.0 Å². The zero-order chi connectivity index (χ0) is 12.9. The fraction of sp³-hybridized carbons (Fsp3) is 0.143. The van der Waals surface area contributed by atoms with E-state index in [9.17, 15) is 20.4 Å². The molecule has 1 atom stereocenters. The SMILES string of the molecule is Oc1ccc(C2Cc3[c]cc2c(O)c3O)cc1O. The fourth-order valence-electron chi connectivity index (χ4n) is 2.37. The van der Waals surface area contributed by atoms with E-state index in [2.05, 4.69) is 6.07 Å². The first-order chi connectivity index (χ1) is 8.58. The molecule has 0 saturated heterocycles. The highest BCUT2D eigenvalue weighted by atomic mass is 16.3. The summed E-state index contributed by atoms with van der Waals surface area (Å²) < 4.78 is 0. The van der Waals surface area contributed by atoms with Crippen LogP contribution in [0.5, 0.6) is 23.0 Å². The molecule has 4 nitrogen and oxygen atoms in total. The zero-order valence-electron chi connectivity index (χ0n) is 9.38. The molecule has 0 amide bonds. The lowest BCUT2D eigenvalue weighted by Gasteiger charge is -2.26. The summed E-state index contributed by atoms with van der Waals surface area (Å²) in [4.78, 5) is 0. The molecule has 2 aliphatic rings. The maximum atomic E-state index is 9.81. The summed E-state index contributed by atoms with van der Waals surface area (Å²) in [6, 6.07) is 9.10. The summed E-state index contributed by atoms with van der Waals surface area (Å²) in [7, 11) is 0. The van der Waals surface area contributed by atoms with Crippen molar-refractivity contribution in [1.82, 2.24) is 0 Å². The first-order valence-corrected chi connectivity index (χ1v) is 5.55. The van der Waals surface area contributed by atoms with E-state index in [1.807, 2.05) is 0 Å². The summed E-state index contributed by atoms with van der Waals surface area (Å²) in [5.74, 6) is -0.759. The molecule has 1 radical (unpaired) electrons. The summed E-state index contributed by atoms with van der Waals surface area (Å²) in [5, 5.41) is 38.2. The molecule has 4 heteroatoms. The van der Waals surface area contributed by atoms with E-state index >= 15 is 0 Å². The number of phenolic OH excluding ortho intramolecular Hbond substituents is 4. The third-order valence-electron chi connectivity index (χ3n) is 3.37. The summed E-state index contributed by atoms with van der Waals surface area (Å²) in [6.45, 7) is 0. The second-order valence-electron chi connectivity index (χ2n) is 4.42. The summed E-state index contributed by atoms with van der Waals surface area (Å²) >= 11 is 0. The highest BCUT2D eigenvalue weighted by Gasteiger charge is 2.28. The lowest BCUT2D eigenvalue weighted by Crippen LogP contribution is -2.11. The fourth-order valence-corrected chi connectivity index (χ4v) is 2.37. The van der Waals surface area contributed by atoms with E-state index < -0.39 is 0 Å². The van der Waals surface area contributed by atoms with Crippen LogP contribution in [0.2, 0.25) is 0 Å². The molecular weight excluding hydrogens is 232 g/mol. The van der Waals surface area contributed by atoms with Crippen molar-refractivity contribution in [2.24, 2.45) is 0 Å². The number of phenols is 4. The van der Waals surface area contributed by atoms with E-state index in [4.69, 9.17) is 0 Å². The van der Waals surface area contributed by atoms with Gasteiger partial charge in [0, 0.05) is 17.0 Å². The van der Waals surface area contributed by atoms with Crippen molar-refractivity contribution in [2.45, 2.75) is 12.3 Å². The van der Waals surface area contributed by atoms with Crippen LogP contribution in [0.4, 0.5) is 0 Å². The molecule has 2 aromatic rings. The van der Waals surface area contributed by atoms with Gasteiger partial charge in [-0.2, -0.15) is 0 Å². The number of aromatic hydroxyl groups is 4. The first-order valence-electron chi connectivity index (χ1n) is 5.55. The standard InChI is InChI=1S/C14H11O4/c15-11-4-2-7(6-12(11)16)10-5-8-1-3-9(10)14(18)13(8)17/h2-4,6,10,15-18H,5H2. The molecule has 0 heterocycles. The van der Waals surface area contributed by atoms with Crippen LogP contribution < -0.4 is 0 Å². The molecule has 0 fully saturated rings. The van der Waals surface area contributed by atoms with E-state index in [0.29, 0.717) is 17.5 Å². The monoisotopic (exact) mass is 243 g/mol. The average molecular weight is 243 g/mol. The predicted octanol–water partition coefficient (Wildman–Crippen LogP) is 2.00. The molecule has 2 aromatic carbocycles. The number of benzene rings is 2. The second kappa shape index (κ2) is 3.57. The Morgan fingerprint density at radius 2 is 1.78 bits per heavy atom. The zero-order valence-corrected chi connectivity index (χ0v) is 9.38. The Hall–Kier alpha value is -2.36. The van der Waals surface area contributed by atoms with Gasteiger partial charge in [-0.3, -0.25) is 0 Å². The van der Waals surface area contributed by atoms with Gasteiger partial charge in [0.2, 0.25) is 0 Å². The van der Waals surface area contributed by atoms with Crippen LogP contribution in [0.1, 0.15) is 22.6 Å². The smallest absolute Gasteiger partial charge is 0.161 e. The van der Waals surface area contributed by atoms with Gasteiger partial charge in [0.1, 0.15) is 0 Å². The quantitative estimate of drug-likeness (QED) is 0.577. The van der Waals surface area contributed by atoms with Gasteiger partial charge >= 0.3 is 0 Å². The van der Waals surface area contributed by atoms with Crippen molar-refractivity contribution in [1.29, 1.82) is 0 Å². The molecule has 0 saturated carbocycles. The summed E-state index contributed by atoms with van der Waals surface area (Å²) in [5.41, 5.74) is 1.90. The average Bonchev–Trinajstić information content (AvgIpc) is 2.38. The first kappa shape index (κ1) is 10.8. The molecule has 0 spiro atoms. The number of hydrogen-bond acceptors (Lipinski definition) is 4. The number of fused-ring (bicyclic) bond motifs is 3. The Morgan fingerprint density at radius 1 is 1.00 bits per heavy atom. The van der Waals surface area contributed by atoms with Crippen LogP contribution in [-0.2, 0) is 6.42 Å². The van der Waals surface area contributed by atoms with Gasteiger partial charge in [-0.15, -0.1) is 0 Å². The third-order valence-corrected chi connectivity index (χ3v) is 3.37. The van der Waals surface area contributed by atoms with Crippen LogP contribution in [0.3, 0.4) is 0 Å². The van der Waals surface area contributed by atoms with E-state index in [1.54, 1.807) is 12.1 Å². The molecule has 18 heavy (non-hydrogen) atoms. The van der Waals surface area contributed by atoms with Gasteiger partial charge in [0.25, 0.3) is 0 Å². The topological polar surface area (TPSA) is 80.9 Å². The van der Waals surface area contributed by atoms with Gasteiger partial charge in [-0.05, 0) is 36.2 Å². The Kier molecular flexibility index (Phi) is 2.13. The Morgan fingerprint density at radius 3 is 2.44 bits per heavy atom. The molecule has 4 N–H and O–H groups in total. The Labute approximate surface area is 103 Å². The predicted molar refractivity (Wildman–Crippen MR) is 63.9 cm³/mol. The molecule has 0 aliphatic heterocycles. The highest BCUT2D eigenvalue weighted by Crippen LogP contribution is 2.47. The van der Waals surface area contributed by atoms with Crippen molar-refractivity contribution in [3.05, 3.63) is 47.0 Å². The Bertz CT molecular complexity index is 634. The minimum Gasteiger partial charge on any atom is -0.504 e. The molecule has 91 valence electrons. The minimum absolute atomic E-state index is 0.119. The van der Waals surface area contributed by atoms with Crippen molar-refractivity contribution in [3.63, 3.8) is 0 Å². The van der Waals surface area contributed by atoms with Crippen LogP contribution in [0.25, 0.3) is 0 Å². The second-order valence-corrected chi connectivity index (χ2v) is 4.42. The number of hydrogen-bond donors (Lipinski definition) is 4. The van der Waals surface area contributed by atoms with Crippen LogP contribution >= 0.6 is 0 Å². The van der Waals surface area contributed by atoms with Crippen LogP contribution in [0, 0.1) is 6.07 Å². The van der Waals surface area contributed by atoms with Crippen molar-refractivity contribution < 1.29 is 20.4 Å². The highest BCUT2D eigenvalue weighted by molar-refractivity contribution is 5.58. The maximum Gasteiger partial charge on any atom is 0.161 e. The van der Waals surface area contributed by atoms with Gasteiger partial charge < -0.3 is 20.4 Å². The largest absolute Gasteiger partial charge is 0.504 e. The lowest BCUT2D eigenvalue weighted by molar-refractivity contribution is 0.383. The maximum absolute atomic E-state index is 9.81. The molecule has 4 rings (SSSR count). The molecule has 2 bridgehead atoms. The van der Waals surface area contributed by atoms with Gasteiger partial charge in [-0.1, -0.05) is 6.07 Å². The van der Waals surface area contributed by atoms with Crippen molar-refractivity contribution in [2.75, 3.05) is 0 Å². The lowest BCUT2D eigenvalue weighted by atomic mass is 9.79. The van der Waals surface area contributed by atoms with Gasteiger partial charge in [0.05, 0.1) is 0 Å². The van der Waals surface area contributed by atoms with E-state index in [0.717, 1.165) is 5.56 Å². The molecule has 0 aromatic heterocycles. The van der Waals surface area contributed by atoms with E-state index in [-0.39, 0.29) is 28.9 Å². The number of rotatable bonds is 1.